The van der Waals surface area contributed by atoms with E-state index in [2.05, 4.69) is 5.32 Å². The van der Waals surface area contributed by atoms with E-state index in [1.165, 1.54) is 5.56 Å². The largest absolute Gasteiger partial charge is 0.494 e. The van der Waals surface area contributed by atoms with Gasteiger partial charge in [0.1, 0.15) is 5.75 Å². The summed E-state index contributed by atoms with van der Waals surface area (Å²) in [6, 6.07) is 15.1. The van der Waals surface area contributed by atoms with Crippen LogP contribution in [0.25, 0.3) is 0 Å². The lowest BCUT2D eigenvalue weighted by Gasteiger charge is -2.07. The number of ether oxygens (including phenoxy) is 1. The van der Waals surface area contributed by atoms with E-state index in [9.17, 15) is 9.59 Å². The zero-order valence-corrected chi connectivity index (χ0v) is 14.9. The van der Waals surface area contributed by atoms with Crippen LogP contribution in [-0.4, -0.2) is 18.3 Å². The summed E-state index contributed by atoms with van der Waals surface area (Å²) in [4.78, 5) is 24.1. The Hall–Kier alpha value is -2.62. The van der Waals surface area contributed by atoms with Crippen molar-refractivity contribution in [1.29, 1.82) is 0 Å². The molecule has 0 aromatic heterocycles. The number of rotatable bonds is 9. The minimum Gasteiger partial charge on any atom is -0.494 e. The Bertz CT molecular complexity index is 690. The number of hydrogen-bond donors (Lipinski definition) is 1. The topological polar surface area (TPSA) is 55.4 Å². The predicted molar refractivity (Wildman–Crippen MR) is 98.8 cm³/mol. The minimum atomic E-state index is -0.114. The van der Waals surface area contributed by atoms with E-state index < -0.39 is 0 Å². The number of hydrogen-bond acceptors (Lipinski definition) is 3. The van der Waals surface area contributed by atoms with Gasteiger partial charge in [-0.2, -0.15) is 0 Å². The molecule has 2 aromatic rings. The smallest absolute Gasteiger partial charge is 0.220 e. The number of nitrogens with one attached hydrogen (secondary N) is 1. The van der Waals surface area contributed by atoms with E-state index in [0.717, 1.165) is 17.7 Å². The van der Waals surface area contributed by atoms with Crippen LogP contribution in [0, 0.1) is 6.92 Å². The first-order chi connectivity index (χ1) is 12.1. The normalized spacial score (nSPS) is 10.3. The van der Waals surface area contributed by atoms with Crippen molar-refractivity contribution >= 4 is 11.7 Å². The zero-order valence-electron chi connectivity index (χ0n) is 14.9. The van der Waals surface area contributed by atoms with Crippen LogP contribution in [0.5, 0.6) is 5.75 Å². The monoisotopic (exact) mass is 339 g/mol. The molecule has 4 heteroatoms. The fraction of sp³-hybridized carbons (Fsp3) is 0.333. The predicted octanol–water partition coefficient (Wildman–Crippen LogP) is 4.06. The first-order valence-electron chi connectivity index (χ1n) is 8.67. The van der Waals surface area contributed by atoms with Gasteiger partial charge in [0.05, 0.1) is 6.61 Å². The van der Waals surface area contributed by atoms with Gasteiger partial charge in [-0.25, -0.2) is 0 Å². The fourth-order valence-corrected chi connectivity index (χ4v) is 2.32. The van der Waals surface area contributed by atoms with E-state index in [1.807, 2.05) is 38.1 Å². The van der Waals surface area contributed by atoms with Gasteiger partial charge in [0, 0.05) is 24.9 Å². The Morgan fingerprint density at radius 2 is 1.64 bits per heavy atom. The summed E-state index contributed by atoms with van der Waals surface area (Å²) in [6.45, 7) is 5.21. The molecule has 0 bridgehead atoms. The molecule has 0 radical (unpaired) electrons. The second kappa shape index (κ2) is 9.62. The van der Waals surface area contributed by atoms with Gasteiger partial charge in [-0.3, -0.25) is 9.59 Å². The molecule has 0 atom stereocenters. The van der Waals surface area contributed by atoms with Gasteiger partial charge in [0.15, 0.2) is 5.78 Å². The molecule has 0 fully saturated rings. The highest BCUT2D eigenvalue weighted by molar-refractivity contribution is 5.98. The number of aryl methyl sites for hydroxylation is 1. The van der Waals surface area contributed by atoms with Crippen molar-refractivity contribution in [3.63, 3.8) is 0 Å². The van der Waals surface area contributed by atoms with Crippen LogP contribution in [0.15, 0.2) is 48.5 Å². The highest BCUT2D eigenvalue weighted by Gasteiger charge is 2.09. The van der Waals surface area contributed by atoms with Crippen molar-refractivity contribution < 1.29 is 14.3 Å². The first kappa shape index (κ1) is 18.7. The van der Waals surface area contributed by atoms with E-state index in [0.29, 0.717) is 18.7 Å². The summed E-state index contributed by atoms with van der Waals surface area (Å²) in [6.07, 6.45) is 1.34. The Kier molecular flexibility index (Phi) is 7.20. The average Bonchev–Trinajstić information content (AvgIpc) is 2.64. The van der Waals surface area contributed by atoms with Gasteiger partial charge < -0.3 is 10.1 Å². The summed E-state index contributed by atoms with van der Waals surface area (Å²) in [5.74, 6) is 0.610. The van der Waals surface area contributed by atoms with Gasteiger partial charge in [-0.1, -0.05) is 36.8 Å². The van der Waals surface area contributed by atoms with E-state index in [4.69, 9.17) is 4.74 Å². The third-order valence-corrected chi connectivity index (χ3v) is 3.84. The number of carbonyl (C=O) groups excluding carboxylic acids is 2. The molecule has 0 unspecified atom stereocenters. The fourth-order valence-electron chi connectivity index (χ4n) is 2.32. The summed E-state index contributed by atoms with van der Waals surface area (Å²) in [7, 11) is 0. The maximum atomic E-state index is 12.2. The summed E-state index contributed by atoms with van der Waals surface area (Å²) in [5, 5.41) is 2.85. The Labute approximate surface area is 149 Å². The molecule has 0 aliphatic heterocycles. The molecule has 1 amide bonds. The highest BCUT2D eigenvalue weighted by atomic mass is 16.5. The SMILES string of the molecule is CCCOc1ccc(C(=O)CCC(=O)NCc2ccc(C)cc2)cc1. The summed E-state index contributed by atoms with van der Waals surface area (Å²) < 4.78 is 5.49. The molecule has 4 nitrogen and oxygen atoms in total. The molecule has 0 saturated carbocycles. The number of benzene rings is 2. The van der Waals surface area contributed by atoms with Crippen molar-refractivity contribution in [2.45, 2.75) is 39.7 Å². The summed E-state index contributed by atoms with van der Waals surface area (Å²) in [5.41, 5.74) is 2.84. The van der Waals surface area contributed by atoms with E-state index in [-0.39, 0.29) is 24.5 Å². The average molecular weight is 339 g/mol. The number of Topliss-reactive ketones (excluding diaryl/α,β-unsaturated/α-hetero) is 1. The van der Waals surface area contributed by atoms with Crippen molar-refractivity contribution in [2.24, 2.45) is 0 Å². The molecule has 0 aliphatic carbocycles. The third-order valence-electron chi connectivity index (χ3n) is 3.84. The third kappa shape index (κ3) is 6.42. The molecule has 25 heavy (non-hydrogen) atoms. The highest BCUT2D eigenvalue weighted by Crippen LogP contribution is 2.14. The molecular weight excluding hydrogens is 314 g/mol. The van der Waals surface area contributed by atoms with Gasteiger partial charge in [0.25, 0.3) is 0 Å². The number of ketones is 1. The molecule has 2 rings (SSSR count). The lowest BCUT2D eigenvalue weighted by molar-refractivity contribution is -0.121. The molecule has 0 heterocycles. The van der Waals surface area contributed by atoms with Gasteiger partial charge in [-0.15, -0.1) is 0 Å². The van der Waals surface area contributed by atoms with Crippen molar-refractivity contribution in [3.8, 4) is 5.75 Å². The van der Waals surface area contributed by atoms with Crippen LogP contribution in [-0.2, 0) is 11.3 Å². The van der Waals surface area contributed by atoms with Crippen molar-refractivity contribution in [1.82, 2.24) is 5.32 Å². The second-order valence-electron chi connectivity index (χ2n) is 6.06. The van der Waals surface area contributed by atoms with Crippen LogP contribution in [0.2, 0.25) is 0 Å². The molecule has 2 aromatic carbocycles. The number of carbonyl (C=O) groups is 2. The maximum Gasteiger partial charge on any atom is 0.220 e. The van der Waals surface area contributed by atoms with Gasteiger partial charge in [-0.05, 0) is 43.2 Å². The van der Waals surface area contributed by atoms with Gasteiger partial charge >= 0.3 is 0 Å². The van der Waals surface area contributed by atoms with E-state index in [1.54, 1.807) is 24.3 Å². The van der Waals surface area contributed by atoms with E-state index >= 15 is 0 Å². The number of amides is 1. The standard InChI is InChI=1S/C21H25NO3/c1-3-14-25-19-10-8-18(9-11-19)20(23)12-13-21(24)22-15-17-6-4-16(2)5-7-17/h4-11H,3,12-15H2,1-2H3,(H,22,24). The zero-order chi connectivity index (χ0) is 18.1. The molecule has 1 N–H and O–H groups in total. The second-order valence-corrected chi connectivity index (χ2v) is 6.06. The van der Waals surface area contributed by atoms with Crippen LogP contribution < -0.4 is 10.1 Å². The Morgan fingerprint density at radius 3 is 2.28 bits per heavy atom. The quantitative estimate of drug-likeness (QED) is 0.701. The summed E-state index contributed by atoms with van der Waals surface area (Å²) >= 11 is 0. The Morgan fingerprint density at radius 1 is 0.960 bits per heavy atom. The molecular formula is C21H25NO3. The van der Waals surface area contributed by atoms with Gasteiger partial charge in [0.2, 0.25) is 5.91 Å². The molecule has 0 saturated heterocycles. The minimum absolute atomic E-state index is 0.0347. The molecule has 0 spiro atoms. The van der Waals surface area contributed by atoms with Crippen molar-refractivity contribution in [2.75, 3.05) is 6.61 Å². The van der Waals surface area contributed by atoms with Crippen molar-refractivity contribution in [3.05, 3.63) is 65.2 Å². The van der Waals surface area contributed by atoms with Crippen LogP contribution >= 0.6 is 0 Å². The maximum absolute atomic E-state index is 12.2. The lowest BCUT2D eigenvalue weighted by Crippen LogP contribution is -2.23. The van der Waals surface area contributed by atoms with Crippen LogP contribution in [0.1, 0.15) is 47.7 Å². The molecule has 0 aliphatic rings. The molecule has 132 valence electrons. The van der Waals surface area contributed by atoms with Crippen LogP contribution in [0.3, 0.4) is 0 Å². The lowest BCUT2D eigenvalue weighted by atomic mass is 10.1. The first-order valence-corrected chi connectivity index (χ1v) is 8.67. The van der Waals surface area contributed by atoms with Crippen LogP contribution in [0.4, 0.5) is 0 Å². The Balaban J connectivity index is 1.74.